The minimum Gasteiger partial charge on any atom is -0.481 e. The molecule has 0 aromatic carbocycles. The minimum absolute atomic E-state index is 0.309. The van der Waals surface area contributed by atoms with Crippen molar-refractivity contribution in [2.24, 2.45) is 0 Å². The van der Waals surface area contributed by atoms with Crippen molar-refractivity contribution in [3.8, 4) is 23.7 Å². The number of hydrogen-bond acceptors (Lipinski definition) is 1. The average Bonchev–Trinajstić information content (AvgIpc) is 2.60. The molecule has 0 fully saturated rings. The van der Waals surface area contributed by atoms with Crippen LogP contribution in [0, 0.1) is 23.7 Å². The van der Waals surface area contributed by atoms with Crippen molar-refractivity contribution in [1.82, 2.24) is 0 Å². The van der Waals surface area contributed by atoms with Gasteiger partial charge in [0.2, 0.25) is 0 Å². The molecule has 0 aliphatic carbocycles. The van der Waals surface area contributed by atoms with Gasteiger partial charge in [0.1, 0.15) is 0 Å². The van der Waals surface area contributed by atoms with E-state index in [1.807, 2.05) is 0 Å². The summed E-state index contributed by atoms with van der Waals surface area (Å²) in [6.45, 7) is 2.26. The third-order valence-electron chi connectivity index (χ3n) is 4.34. The quantitative estimate of drug-likeness (QED) is 0.248. The summed E-state index contributed by atoms with van der Waals surface area (Å²) >= 11 is 0. The highest BCUT2D eigenvalue weighted by Gasteiger charge is 1.96. The van der Waals surface area contributed by atoms with Crippen LogP contribution in [-0.4, -0.2) is 11.1 Å². The van der Waals surface area contributed by atoms with Gasteiger partial charge >= 0.3 is 5.97 Å². The van der Waals surface area contributed by atoms with E-state index < -0.39 is 5.97 Å². The van der Waals surface area contributed by atoms with Gasteiger partial charge < -0.3 is 5.11 Å². The topological polar surface area (TPSA) is 37.3 Å². The molecule has 0 unspecified atom stereocenters. The van der Waals surface area contributed by atoms with Gasteiger partial charge in [-0.05, 0) is 31.1 Å². The first-order valence-corrected chi connectivity index (χ1v) is 10.4. The molecular weight excluding hydrogens is 308 g/mol. The molecule has 0 radical (unpaired) electrons. The molecule has 0 atom stereocenters. The molecule has 0 aliphatic rings. The van der Waals surface area contributed by atoms with Gasteiger partial charge in [-0.2, -0.15) is 0 Å². The van der Waals surface area contributed by atoms with E-state index in [2.05, 4.69) is 30.6 Å². The molecule has 0 saturated carbocycles. The Morgan fingerprint density at radius 1 is 0.640 bits per heavy atom. The highest BCUT2D eigenvalue weighted by Crippen LogP contribution is 2.09. The summed E-state index contributed by atoms with van der Waals surface area (Å²) in [5, 5.41) is 8.54. The molecule has 142 valence electrons. The van der Waals surface area contributed by atoms with E-state index in [1.54, 1.807) is 0 Å². The second-order valence-electron chi connectivity index (χ2n) is 6.84. The van der Waals surface area contributed by atoms with Gasteiger partial charge in [-0.3, -0.25) is 4.79 Å². The normalized spacial score (nSPS) is 9.80. The van der Waals surface area contributed by atoms with Crippen LogP contribution in [0.1, 0.15) is 116 Å². The lowest BCUT2D eigenvalue weighted by Gasteiger charge is -1.98. The van der Waals surface area contributed by atoms with Gasteiger partial charge in [-0.1, -0.05) is 89.4 Å². The number of unbranched alkanes of at least 4 members (excludes halogenated alkanes) is 14. The predicted molar refractivity (Wildman–Crippen MR) is 107 cm³/mol. The fourth-order valence-corrected chi connectivity index (χ4v) is 2.76. The summed E-state index contributed by atoms with van der Waals surface area (Å²) in [5.74, 6) is 11.5. The van der Waals surface area contributed by atoms with Crippen LogP contribution < -0.4 is 0 Å². The van der Waals surface area contributed by atoms with E-state index >= 15 is 0 Å². The summed E-state index contributed by atoms with van der Waals surface area (Å²) in [7, 11) is 0. The Balaban J connectivity index is 3.26. The second-order valence-corrected chi connectivity index (χ2v) is 6.84. The van der Waals surface area contributed by atoms with E-state index in [-0.39, 0.29) is 0 Å². The van der Waals surface area contributed by atoms with Gasteiger partial charge in [0.05, 0.1) is 0 Å². The maximum Gasteiger partial charge on any atom is 0.303 e. The van der Waals surface area contributed by atoms with Crippen LogP contribution in [0.15, 0.2) is 0 Å². The second kappa shape index (κ2) is 20.6. The van der Waals surface area contributed by atoms with Crippen LogP contribution in [-0.2, 0) is 4.79 Å². The van der Waals surface area contributed by atoms with Crippen molar-refractivity contribution in [2.45, 2.75) is 116 Å². The number of carbonyl (C=O) groups is 1. The van der Waals surface area contributed by atoms with Crippen LogP contribution in [0.25, 0.3) is 0 Å². The van der Waals surface area contributed by atoms with Crippen LogP contribution in [0.2, 0.25) is 0 Å². The third-order valence-corrected chi connectivity index (χ3v) is 4.34. The van der Waals surface area contributed by atoms with Crippen molar-refractivity contribution >= 4 is 5.97 Å². The molecule has 0 rings (SSSR count). The fourth-order valence-electron chi connectivity index (χ4n) is 2.76. The summed E-state index contributed by atoms with van der Waals surface area (Å²) in [4.78, 5) is 10.4. The van der Waals surface area contributed by atoms with Crippen LogP contribution in [0.4, 0.5) is 0 Å². The Morgan fingerprint density at radius 3 is 1.48 bits per heavy atom. The lowest BCUT2D eigenvalue weighted by Crippen LogP contribution is -1.93. The number of carboxylic acids is 1. The monoisotopic (exact) mass is 346 g/mol. The third kappa shape index (κ3) is 22.6. The lowest BCUT2D eigenvalue weighted by molar-refractivity contribution is -0.137. The summed E-state index contributed by atoms with van der Waals surface area (Å²) in [6, 6.07) is 0. The zero-order valence-electron chi connectivity index (χ0n) is 16.4. The van der Waals surface area contributed by atoms with E-state index in [1.165, 1.54) is 64.2 Å². The Kier molecular flexibility index (Phi) is 19.5. The van der Waals surface area contributed by atoms with E-state index in [4.69, 9.17) is 5.11 Å². The van der Waals surface area contributed by atoms with Crippen molar-refractivity contribution in [3.05, 3.63) is 0 Å². The highest BCUT2D eigenvalue weighted by atomic mass is 16.4. The van der Waals surface area contributed by atoms with Gasteiger partial charge in [-0.15, -0.1) is 0 Å². The van der Waals surface area contributed by atoms with Crippen LogP contribution in [0.3, 0.4) is 0 Å². The first kappa shape index (κ1) is 23.6. The zero-order chi connectivity index (χ0) is 18.4. The van der Waals surface area contributed by atoms with Gasteiger partial charge in [0.15, 0.2) is 0 Å². The molecule has 0 aliphatic heterocycles. The Morgan fingerprint density at radius 2 is 1.04 bits per heavy atom. The molecule has 2 heteroatoms. The first-order valence-electron chi connectivity index (χ1n) is 10.4. The van der Waals surface area contributed by atoms with Crippen LogP contribution in [0.5, 0.6) is 0 Å². The molecular formula is C23H38O2. The molecule has 0 saturated heterocycles. The molecule has 0 aromatic rings. The summed E-state index contributed by atoms with van der Waals surface area (Å²) in [6.07, 6.45) is 19.5. The average molecular weight is 347 g/mol. The predicted octanol–water partition coefficient (Wildman–Crippen LogP) is 6.73. The summed E-state index contributed by atoms with van der Waals surface area (Å²) in [5.41, 5.74) is 0. The minimum atomic E-state index is -0.682. The molecule has 1 N–H and O–H groups in total. The Labute approximate surface area is 156 Å². The molecule has 2 nitrogen and oxygen atoms in total. The Hall–Kier alpha value is -1.41. The fraction of sp³-hybridized carbons (Fsp3) is 0.783. The SMILES string of the molecule is CCCCCCCCCCC#CC#CCCCCCCCCC(=O)O. The molecule has 0 aromatic heterocycles. The number of carboxylic acid groups (broad SMARTS) is 1. The molecule has 25 heavy (non-hydrogen) atoms. The number of aliphatic carboxylic acids is 1. The van der Waals surface area contributed by atoms with Gasteiger partial charge in [0.25, 0.3) is 0 Å². The first-order chi connectivity index (χ1) is 12.3. The smallest absolute Gasteiger partial charge is 0.303 e. The van der Waals surface area contributed by atoms with Crippen molar-refractivity contribution in [3.63, 3.8) is 0 Å². The van der Waals surface area contributed by atoms with E-state index in [9.17, 15) is 4.79 Å². The van der Waals surface area contributed by atoms with Crippen molar-refractivity contribution in [1.29, 1.82) is 0 Å². The summed E-state index contributed by atoms with van der Waals surface area (Å²) < 4.78 is 0. The molecule has 0 amide bonds. The number of hydrogen-bond donors (Lipinski definition) is 1. The van der Waals surface area contributed by atoms with E-state index in [0.717, 1.165) is 38.5 Å². The standard InChI is InChI=1S/C23H38O2/c1-2-3-4-5-6-7-8-9-10-11-12-13-14-15-16-17-18-19-20-21-22-23(24)25/h2-10,15-22H2,1H3,(H,24,25). The van der Waals surface area contributed by atoms with Crippen molar-refractivity contribution in [2.75, 3.05) is 0 Å². The zero-order valence-corrected chi connectivity index (χ0v) is 16.4. The molecule has 0 heterocycles. The maximum atomic E-state index is 10.4. The number of rotatable bonds is 16. The molecule has 0 bridgehead atoms. The van der Waals surface area contributed by atoms with Gasteiger partial charge in [0, 0.05) is 19.3 Å². The highest BCUT2D eigenvalue weighted by molar-refractivity contribution is 5.66. The Bertz CT molecular complexity index is 417. The van der Waals surface area contributed by atoms with Gasteiger partial charge in [-0.25, -0.2) is 0 Å². The van der Waals surface area contributed by atoms with E-state index in [0.29, 0.717) is 6.42 Å². The largest absolute Gasteiger partial charge is 0.481 e. The van der Waals surface area contributed by atoms with Crippen molar-refractivity contribution < 1.29 is 9.90 Å². The maximum absolute atomic E-state index is 10.4. The molecule has 0 spiro atoms. The lowest BCUT2D eigenvalue weighted by atomic mass is 10.1. The van der Waals surface area contributed by atoms with Crippen LogP contribution >= 0.6 is 0 Å².